The molecular formula is C9H12OS. The lowest BCUT2D eigenvalue weighted by atomic mass is 9.82. The summed E-state index contributed by atoms with van der Waals surface area (Å²) in [6.45, 7) is 5.40. The minimum atomic E-state index is 0.350. The summed E-state index contributed by atoms with van der Waals surface area (Å²) in [5, 5.41) is 2.10. The summed E-state index contributed by atoms with van der Waals surface area (Å²) in [7, 11) is 0. The molecule has 0 aromatic carbocycles. The molecule has 2 heterocycles. The summed E-state index contributed by atoms with van der Waals surface area (Å²) in [4.78, 5) is 1.36. The highest BCUT2D eigenvalue weighted by Gasteiger charge is 2.41. The standard InChI is InChI=1S/C9H12OS/c1-9(2)6-10-8(9)7-4-3-5-11-7/h3-5,8H,6H2,1-2H3/t8-/m0/s1. The number of ether oxygens (including phenoxy) is 1. The van der Waals surface area contributed by atoms with E-state index in [1.165, 1.54) is 4.88 Å². The molecule has 0 bridgehead atoms. The molecule has 1 aliphatic heterocycles. The highest BCUT2D eigenvalue weighted by atomic mass is 32.1. The Balaban J connectivity index is 2.20. The van der Waals surface area contributed by atoms with Crippen LogP contribution in [0.4, 0.5) is 0 Å². The number of hydrogen-bond acceptors (Lipinski definition) is 2. The first-order chi connectivity index (χ1) is 5.20. The molecule has 0 radical (unpaired) electrons. The van der Waals surface area contributed by atoms with E-state index in [0.717, 1.165) is 6.61 Å². The SMILES string of the molecule is CC1(C)CO[C@H]1c1cccs1. The van der Waals surface area contributed by atoms with Gasteiger partial charge in [-0.1, -0.05) is 19.9 Å². The molecule has 60 valence electrons. The van der Waals surface area contributed by atoms with Gasteiger partial charge in [0.15, 0.2) is 0 Å². The first kappa shape index (κ1) is 7.32. The first-order valence-electron chi connectivity index (χ1n) is 3.85. The molecule has 11 heavy (non-hydrogen) atoms. The van der Waals surface area contributed by atoms with Crippen molar-refractivity contribution in [3.05, 3.63) is 22.4 Å². The molecule has 2 heteroatoms. The van der Waals surface area contributed by atoms with Crippen LogP contribution in [0.15, 0.2) is 17.5 Å². The molecule has 0 amide bonds. The highest BCUT2D eigenvalue weighted by molar-refractivity contribution is 7.10. The summed E-state index contributed by atoms with van der Waals surface area (Å²) in [5.74, 6) is 0. The van der Waals surface area contributed by atoms with Crippen LogP contribution in [-0.4, -0.2) is 6.61 Å². The van der Waals surface area contributed by atoms with Crippen molar-refractivity contribution in [3.8, 4) is 0 Å². The van der Waals surface area contributed by atoms with E-state index in [-0.39, 0.29) is 0 Å². The van der Waals surface area contributed by atoms with Crippen molar-refractivity contribution in [1.82, 2.24) is 0 Å². The molecule has 1 aliphatic rings. The van der Waals surface area contributed by atoms with Crippen LogP contribution in [0.5, 0.6) is 0 Å². The predicted octanol–water partition coefficient (Wildman–Crippen LogP) is 2.85. The predicted molar refractivity (Wildman–Crippen MR) is 46.8 cm³/mol. The van der Waals surface area contributed by atoms with E-state index in [0.29, 0.717) is 11.5 Å². The number of rotatable bonds is 1. The third kappa shape index (κ3) is 1.10. The van der Waals surface area contributed by atoms with Gasteiger partial charge in [-0.3, -0.25) is 0 Å². The van der Waals surface area contributed by atoms with Crippen LogP contribution in [0.2, 0.25) is 0 Å². The first-order valence-corrected chi connectivity index (χ1v) is 4.73. The fourth-order valence-electron chi connectivity index (χ4n) is 1.41. The van der Waals surface area contributed by atoms with Gasteiger partial charge in [-0.05, 0) is 11.4 Å². The van der Waals surface area contributed by atoms with Crippen molar-refractivity contribution < 1.29 is 4.74 Å². The average molecular weight is 168 g/mol. The van der Waals surface area contributed by atoms with E-state index < -0.39 is 0 Å². The lowest BCUT2D eigenvalue weighted by Gasteiger charge is -2.43. The Bertz CT molecular complexity index is 238. The second-order valence-electron chi connectivity index (χ2n) is 3.70. The third-order valence-electron chi connectivity index (χ3n) is 2.13. The van der Waals surface area contributed by atoms with Gasteiger partial charge in [0.25, 0.3) is 0 Å². The molecule has 1 aromatic heterocycles. The quantitative estimate of drug-likeness (QED) is 0.626. The van der Waals surface area contributed by atoms with Gasteiger partial charge in [-0.2, -0.15) is 0 Å². The van der Waals surface area contributed by atoms with Crippen molar-refractivity contribution >= 4 is 11.3 Å². The summed E-state index contributed by atoms with van der Waals surface area (Å²) < 4.78 is 5.50. The van der Waals surface area contributed by atoms with Crippen LogP contribution >= 0.6 is 11.3 Å². The topological polar surface area (TPSA) is 9.23 Å². The fraction of sp³-hybridized carbons (Fsp3) is 0.556. The van der Waals surface area contributed by atoms with Gasteiger partial charge in [0.05, 0.1) is 12.7 Å². The molecule has 0 saturated carbocycles. The average Bonchev–Trinajstić information content (AvgIpc) is 2.38. The van der Waals surface area contributed by atoms with Crippen molar-refractivity contribution in [1.29, 1.82) is 0 Å². The molecular weight excluding hydrogens is 156 g/mol. The highest BCUT2D eigenvalue weighted by Crippen LogP contribution is 2.46. The molecule has 0 N–H and O–H groups in total. The molecule has 0 unspecified atom stereocenters. The second kappa shape index (κ2) is 2.32. The monoisotopic (exact) mass is 168 g/mol. The maximum atomic E-state index is 5.50. The van der Waals surface area contributed by atoms with Crippen LogP contribution in [0.1, 0.15) is 24.8 Å². The van der Waals surface area contributed by atoms with Crippen LogP contribution in [0.25, 0.3) is 0 Å². The Morgan fingerprint density at radius 3 is 2.82 bits per heavy atom. The van der Waals surface area contributed by atoms with Gasteiger partial charge >= 0.3 is 0 Å². The molecule has 1 nitrogen and oxygen atoms in total. The zero-order valence-corrected chi connectivity index (χ0v) is 7.65. The molecule has 0 aliphatic carbocycles. The van der Waals surface area contributed by atoms with Gasteiger partial charge in [0.2, 0.25) is 0 Å². The zero-order valence-electron chi connectivity index (χ0n) is 6.83. The number of hydrogen-bond donors (Lipinski definition) is 0. The number of thiophene rings is 1. The lowest BCUT2D eigenvalue weighted by Crippen LogP contribution is -2.39. The Kier molecular flexibility index (Phi) is 1.55. The van der Waals surface area contributed by atoms with Crippen molar-refractivity contribution in [2.45, 2.75) is 20.0 Å². The van der Waals surface area contributed by atoms with E-state index in [9.17, 15) is 0 Å². The Labute approximate surface area is 71.0 Å². The van der Waals surface area contributed by atoms with E-state index in [1.807, 2.05) is 0 Å². The van der Waals surface area contributed by atoms with Gasteiger partial charge in [0.1, 0.15) is 0 Å². The molecule has 2 rings (SSSR count). The zero-order chi connectivity index (χ0) is 7.90. The van der Waals surface area contributed by atoms with Gasteiger partial charge in [-0.25, -0.2) is 0 Å². The molecule has 1 fully saturated rings. The maximum absolute atomic E-state index is 5.50. The van der Waals surface area contributed by atoms with Gasteiger partial charge < -0.3 is 4.74 Å². The van der Waals surface area contributed by atoms with Crippen LogP contribution in [-0.2, 0) is 4.74 Å². The fourth-order valence-corrected chi connectivity index (χ4v) is 2.39. The van der Waals surface area contributed by atoms with E-state index >= 15 is 0 Å². The Hall–Kier alpha value is -0.340. The van der Waals surface area contributed by atoms with Gasteiger partial charge in [-0.15, -0.1) is 11.3 Å². The van der Waals surface area contributed by atoms with Crippen LogP contribution in [0, 0.1) is 5.41 Å². The van der Waals surface area contributed by atoms with E-state index in [2.05, 4.69) is 31.4 Å². The summed E-state index contributed by atoms with van der Waals surface area (Å²) in [6.07, 6.45) is 0.350. The van der Waals surface area contributed by atoms with Gasteiger partial charge in [0, 0.05) is 10.3 Å². The normalized spacial score (nSPS) is 28.0. The van der Waals surface area contributed by atoms with Crippen molar-refractivity contribution in [2.75, 3.05) is 6.61 Å². The van der Waals surface area contributed by atoms with Crippen molar-refractivity contribution in [3.63, 3.8) is 0 Å². The van der Waals surface area contributed by atoms with Crippen molar-refractivity contribution in [2.24, 2.45) is 5.41 Å². The maximum Gasteiger partial charge on any atom is 0.0989 e. The molecule has 0 spiro atoms. The molecule has 1 aromatic rings. The third-order valence-corrected chi connectivity index (χ3v) is 3.05. The minimum absolute atomic E-state index is 0.350. The summed E-state index contributed by atoms with van der Waals surface area (Å²) >= 11 is 1.78. The molecule has 1 saturated heterocycles. The Morgan fingerprint density at radius 2 is 2.45 bits per heavy atom. The smallest absolute Gasteiger partial charge is 0.0989 e. The van der Waals surface area contributed by atoms with E-state index in [1.54, 1.807) is 11.3 Å². The summed E-state index contributed by atoms with van der Waals surface area (Å²) in [6, 6.07) is 4.23. The largest absolute Gasteiger partial charge is 0.371 e. The Morgan fingerprint density at radius 1 is 1.64 bits per heavy atom. The van der Waals surface area contributed by atoms with Crippen LogP contribution in [0.3, 0.4) is 0 Å². The molecule has 1 atom stereocenters. The lowest BCUT2D eigenvalue weighted by molar-refractivity contribution is -0.170. The minimum Gasteiger partial charge on any atom is -0.371 e. The van der Waals surface area contributed by atoms with Crippen LogP contribution < -0.4 is 0 Å². The summed E-state index contributed by atoms with van der Waals surface area (Å²) in [5.41, 5.74) is 0.352. The second-order valence-corrected chi connectivity index (χ2v) is 4.67. The van der Waals surface area contributed by atoms with E-state index in [4.69, 9.17) is 4.74 Å².